The van der Waals surface area contributed by atoms with Gasteiger partial charge in [-0.2, -0.15) is 0 Å². The van der Waals surface area contributed by atoms with Gasteiger partial charge in [0.25, 0.3) is 0 Å². The number of cyclic esters (lactones) is 1. The Kier molecular flexibility index (Phi) is 18.6. The highest BCUT2D eigenvalue weighted by Crippen LogP contribution is 2.34. The number of esters is 1. The molecule has 0 aliphatic carbocycles. The van der Waals surface area contributed by atoms with Crippen LogP contribution in [-0.4, -0.2) is 81.3 Å². The Balaban J connectivity index is 1.15. The summed E-state index contributed by atoms with van der Waals surface area (Å²) in [4.78, 5) is 11.7. The third kappa shape index (κ3) is 14.7. The van der Waals surface area contributed by atoms with E-state index in [9.17, 15) is 25.2 Å². The second kappa shape index (κ2) is 21.8. The zero-order valence-corrected chi connectivity index (χ0v) is 28.5. The van der Waals surface area contributed by atoms with Gasteiger partial charge >= 0.3 is 5.97 Å². The molecule has 45 heavy (non-hydrogen) atoms. The Morgan fingerprint density at radius 2 is 1.11 bits per heavy atom. The van der Waals surface area contributed by atoms with Crippen LogP contribution in [0.15, 0.2) is 11.6 Å². The molecule has 8 nitrogen and oxygen atoms in total. The van der Waals surface area contributed by atoms with Crippen LogP contribution in [0.1, 0.15) is 162 Å². The lowest BCUT2D eigenvalue weighted by molar-refractivity contribution is -0.139. The topological polar surface area (TPSA) is 126 Å². The normalized spacial score (nSPS) is 27.8. The largest absolute Gasteiger partial charge is 0.455 e. The molecule has 3 rings (SSSR count). The van der Waals surface area contributed by atoms with Crippen LogP contribution < -0.4 is 0 Å². The van der Waals surface area contributed by atoms with Crippen molar-refractivity contribution in [3.8, 4) is 0 Å². The average Bonchev–Trinajstić information content (AvgIpc) is 3.77. The Morgan fingerprint density at radius 1 is 0.644 bits per heavy atom. The van der Waals surface area contributed by atoms with Gasteiger partial charge in [-0.3, -0.25) is 0 Å². The van der Waals surface area contributed by atoms with Crippen molar-refractivity contribution in [2.24, 2.45) is 0 Å². The van der Waals surface area contributed by atoms with Crippen molar-refractivity contribution >= 4 is 5.97 Å². The quantitative estimate of drug-likeness (QED) is 0.0634. The molecular formula is C37H66O8. The van der Waals surface area contributed by atoms with E-state index in [-0.39, 0.29) is 48.7 Å². The maximum Gasteiger partial charge on any atom is 0.334 e. The van der Waals surface area contributed by atoms with Crippen molar-refractivity contribution in [1.82, 2.24) is 0 Å². The smallest absolute Gasteiger partial charge is 0.334 e. The van der Waals surface area contributed by atoms with Crippen LogP contribution in [0, 0.1) is 0 Å². The molecule has 2 fully saturated rings. The number of carbonyl (C=O) groups excluding carboxylic acids is 1. The third-order valence-corrected chi connectivity index (χ3v) is 10.1. The maximum atomic E-state index is 11.7. The molecule has 0 unspecified atom stereocenters. The molecule has 0 aromatic heterocycles. The van der Waals surface area contributed by atoms with Gasteiger partial charge in [0.2, 0.25) is 0 Å². The monoisotopic (exact) mass is 638 g/mol. The number of aliphatic hydroxyl groups is 4. The van der Waals surface area contributed by atoms with Gasteiger partial charge in [0.05, 0.1) is 48.8 Å². The van der Waals surface area contributed by atoms with Crippen molar-refractivity contribution in [3.63, 3.8) is 0 Å². The van der Waals surface area contributed by atoms with Crippen LogP contribution in [0.2, 0.25) is 0 Å². The number of aliphatic hydroxyl groups excluding tert-OH is 4. The first-order valence-electron chi connectivity index (χ1n) is 18.7. The number of unbranched alkanes of at least 4 members (excludes halogenated alkanes) is 9. The predicted octanol–water partition coefficient (Wildman–Crippen LogP) is 6.83. The fourth-order valence-electron chi connectivity index (χ4n) is 7.28. The lowest BCUT2D eigenvalue weighted by Gasteiger charge is -2.24. The van der Waals surface area contributed by atoms with Gasteiger partial charge in [-0.05, 0) is 90.0 Å². The van der Waals surface area contributed by atoms with Crippen LogP contribution in [-0.2, 0) is 19.0 Å². The molecule has 0 spiro atoms. The lowest BCUT2D eigenvalue weighted by Crippen LogP contribution is -2.33. The van der Waals surface area contributed by atoms with E-state index in [1.807, 2.05) is 13.0 Å². The molecule has 0 saturated carbocycles. The van der Waals surface area contributed by atoms with Crippen molar-refractivity contribution in [1.29, 1.82) is 0 Å². The Hall–Kier alpha value is -1.03. The third-order valence-electron chi connectivity index (χ3n) is 10.1. The summed E-state index contributed by atoms with van der Waals surface area (Å²) in [5.41, 5.74) is 0.700. The summed E-state index contributed by atoms with van der Waals surface area (Å²) in [7, 11) is 0. The zero-order chi connectivity index (χ0) is 32.4. The first-order valence-corrected chi connectivity index (χ1v) is 18.7. The minimum absolute atomic E-state index is 0.000530. The Bertz CT molecular complexity index is 833. The molecule has 0 aromatic rings. The summed E-state index contributed by atoms with van der Waals surface area (Å²) in [6, 6.07) is 0. The second-order valence-electron chi connectivity index (χ2n) is 14.2. The van der Waals surface area contributed by atoms with E-state index in [4.69, 9.17) is 14.2 Å². The van der Waals surface area contributed by atoms with Crippen LogP contribution in [0.3, 0.4) is 0 Å². The van der Waals surface area contributed by atoms with Crippen LogP contribution in [0.25, 0.3) is 0 Å². The summed E-state index contributed by atoms with van der Waals surface area (Å²) < 4.78 is 17.6. The van der Waals surface area contributed by atoms with Crippen molar-refractivity contribution in [2.45, 2.75) is 216 Å². The van der Waals surface area contributed by atoms with E-state index in [1.54, 1.807) is 0 Å². The molecule has 9 atom stereocenters. The number of hydrogen-bond acceptors (Lipinski definition) is 8. The SMILES string of the molecule is CCCCCC[C@H](O)CCC[C@H](O)[C@@H]1CC[C@H]([C@H]2CC[C@@H]([C@H](O)CCCCCCCCC[C@H](O)CCC3=C[C@@H](C)OC3=O)O2)O1. The summed E-state index contributed by atoms with van der Waals surface area (Å²) in [5.74, 6) is -0.237. The molecule has 3 heterocycles. The molecule has 0 aromatic carbocycles. The molecule has 4 N–H and O–H groups in total. The highest BCUT2D eigenvalue weighted by molar-refractivity contribution is 5.90. The Labute approximate surface area is 273 Å². The van der Waals surface area contributed by atoms with Gasteiger partial charge in [0, 0.05) is 5.57 Å². The number of hydrogen-bond donors (Lipinski definition) is 4. The fraction of sp³-hybridized carbons (Fsp3) is 0.919. The number of rotatable bonds is 25. The highest BCUT2D eigenvalue weighted by Gasteiger charge is 2.40. The summed E-state index contributed by atoms with van der Waals surface area (Å²) >= 11 is 0. The summed E-state index contributed by atoms with van der Waals surface area (Å²) in [6.45, 7) is 4.05. The van der Waals surface area contributed by atoms with Gasteiger partial charge in [-0.15, -0.1) is 0 Å². The van der Waals surface area contributed by atoms with Crippen LogP contribution >= 0.6 is 0 Å². The Morgan fingerprint density at radius 3 is 1.64 bits per heavy atom. The molecule has 262 valence electrons. The van der Waals surface area contributed by atoms with Crippen LogP contribution in [0.5, 0.6) is 0 Å². The molecule has 2 saturated heterocycles. The van der Waals surface area contributed by atoms with Gasteiger partial charge in [-0.25, -0.2) is 4.79 Å². The van der Waals surface area contributed by atoms with E-state index in [2.05, 4.69) is 6.92 Å². The number of ether oxygens (including phenoxy) is 3. The van der Waals surface area contributed by atoms with E-state index in [1.165, 1.54) is 25.7 Å². The first-order chi connectivity index (χ1) is 21.8. The van der Waals surface area contributed by atoms with Crippen molar-refractivity contribution in [3.05, 3.63) is 11.6 Å². The van der Waals surface area contributed by atoms with E-state index < -0.39 is 12.2 Å². The standard InChI is InChI=1S/C37H66O8/c1-3-4-5-11-15-29(38)17-14-19-32(41)34-23-25-36(45-34)35-24-22-33(44-35)31(40)18-13-10-8-6-7-9-12-16-30(39)21-20-28-26-27(2)43-37(28)42/h26-27,29-36,38-41H,3-25H2,1-2H3/t27-,29+,30+,31-,32+,33+,34+,35-,36-/m1/s1. The van der Waals surface area contributed by atoms with Crippen molar-refractivity contribution < 1.29 is 39.4 Å². The number of carbonyl (C=O) groups is 1. The fourth-order valence-corrected chi connectivity index (χ4v) is 7.28. The molecule has 0 radical (unpaired) electrons. The minimum Gasteiger partial charge on any atom is -0.455 e. The molecule has 0 bridgehead atoms. The highest BCUT2D eigenvalue weighted by atomic mass is 16.6. The maximum absolute atomic E-state index is 11.7. The van der Waals surface area contributed by atoms with Gasteiger partial charge in [0.1, 0.15) is 6.10 Å². The molecule has 3 aliphatic heterocycles. The van der Waals surface area contributed by atoms with Gasteiger partial charge < -0.3 is 34.6 Å². The van der Waals surface area contributed by atoms with Gasteiger partial charge in [0.15, 0.2) is 0 Å². The van der Waals surface area contributed by atoms with Gasteiger partial charge in [-0.1, -0.05) is 77.6 Å². The van der Waals surface area contributed by atoms with E-state index in [0.717, 1.165) is 103 Å². The molecule has 8 heteroatoms. The first kappa shape index (κ1) is 38.4. The zero-order valence-electron chi connectivity index (χ0n) is 28.5. The lowest BCUT2D eigenvalue weighted by atomic mass is 9.99. The summed E-state index contributed by atoms with van der Waals surface area (Å²) in [6.07, 6.45) is 21.7. The second-order valence-corrected chi connectivity index (χ2v) is 14.2. The van der Waals surface area contributed by atoms with E-state index in [0.29, 0.717) is 24.8 Å². The minimum atomic E-state index is -0.492. The predicted molar refractivity (Wildman–Crippen MR) is 177 cm³/mol. The van der Waals surface area contributed by atoms with Crippen molar-refractivity contribution in [2.75, 3.05) is 0 Å². The molecular weight excluding hydrogens is 572 g/mol. The molecule has 3 aliphatic rings. The van der Waals surface area contributed by atoms with E-state index >= 15 is 0 Å². The average molecular weight is 639 g/mol. The summed E-state index contributed by atoms with van der Waals surface area (Å²) in [5, 5.41) is 41.9. The molecule has 0 amide bonds. The van der Waals surface area contributed by atoms with Crippen LogP contribution in [0.4, 0.5) is 0 Å².